The fourth-order valence-electron chi connectivity index (χ4n) is 2.84. The largest absolute Gasteiger partial charge is 0.300 e. The van der Waals surface area contributed by atoms with Crippen LogP contribution in [0.1, 0.15) is 164 Å². The predicted molar refractivity (Wildman–Crippen MR) is 127 cm³/mol. The summed E-state index contributed by atoms with van der Waals surface area (Å²) in [4.78, 5) is 10.2. The van der Waals surface area contributed by atoms with Crippen molar-refractivity contribution in [2.24, 2.45) is 0 Å². The Morgan fingerprint density at radius 2 is 0.630 bits per heavy atom. The third-order valence-electron chi connectivity index (χ3n) is 4.80. The highest BCUT2D eigenvalue weighted by Gasteiger charge is 1.89. The van der Waals surface area contributed by atoms with Gasteiger partial charge in [-0.3, -0.25) is 0 Å². The average Bonchev–Trinajstić information content (AvgIpc) is 2.67. The molecule has 166 valence electrons. The van der Waals surface area contributed by atoms with Crippen LogP contribution < -0.4 is 0 Å². The van der Waals surface area contributed by atoms with E-state index in [9.17, 15) is 4.79 Å². The van der Waals surface area contributed by atoms with E-state index >= 15 is 0 Å². The number of Topliss-reactive ketones (excluding diaryl/α,β-unsaturated/α-hetero) is 1. The molecule has 0 heterocycles. The molecule has 0 unspecified atom stereocenters. The van der Waals surface area contributed by atoms with E-state index in [4.69, 9.17) is 0 Å². The summed E-state index contributed by atoms with van der Waals surface area (Å²) in [5.74, 6) is 0.307. The minimum Gasteiger partial charge on any atom is -0.300 e. The molecule has 0 aliphatic rings. The number of unbranched alkanes of at least 4 members (excludes halogenated alkanes) is 15. The van der Waals surface area contributed by atoms with Crippen LogP contribution in [0.5, 0.6) is 0 Å². The van der Waals surface area contributed by atoms with Gasteiger partial charge in [-0.25, -0.2) is 0 Å². The monoisotopic (exact) mass is 384 g/mol. The van der Waals surface area contributed by atoms with E-state index in [-0.39, 0.29) is 0 Å². The van der Waals surface area contributed by atoms with Crippen LogP contribution in [0.4, 0.5) is 0 Å². The second kappa shape index (κ2) is 33.3. The standard InChI is InChI=1S/2C10H22.C6H12O/c2*1-3-5-7-9-10-8-6-4-2;1-3-4-5-6(2)7/h2*3-10H2,1-2H3;3-5H2,1-2H3. The lowest BCUT2D eigenvalue weighted by molar-refractivity contribution is -0.117. The van der Waals surface area contributed by atoms with Crippen molar-refractivity contribution in [2.45, 2.75) is 164 Å². The molecule has 0 amide bonds. The molecular weight excluding hydrogens is 328 g/mol. The summed E-state index contributed by atoms with van der Waals surface area (Å²) < 4.78 is 0. The van der Waals surface area contributed by atoms with Gasteiger partial charge in [0.2, 0.25) is 0 Å². The predicted octanol–water partition coefficient (Wildman–Crippen LogP) is 10.1. The quantitative estimate of drug-likeness (QED) is 0.228. The molecule has 0 aliphatic carbocycles. The fourth-order valence-corrected chi connectivity index (χ4v) is 2.84. The van der Waals surface area contributed by atoms with Gasteiger partial charge in [0.1, 0.15) is 5.78 Å². The number of hydrogen-bond acceptors (Lipinski definition) is 1. The zero-order valence-corrected chi connectivity index (χ0v) is 20.3. The summed E-state index contributed by atoms with van der Waals surface area (Å²) in [7, 11) is 0. The number of carbonyl (C=O) groups is 1. The van der Waals surface area contributed by atoms with Gasteiger partial charge >= 0.3 is 0 Å². The van der Waals surface area contributed by atoms with E-state index in [0.717, 1.165) is 19.3 Å². The van der Waals surface area contributed by atoms with Gasteiger partial charge in [-0.1, -0.05) is 144 Å². The molecule has 1 nitrogen and oxygen atoms in total. The first kappa shape index (κ1) is 31.4. The normalized spacial score (nSPS) is 9.85. The molecule has 0 saturated carbocycles. The van der Waals surface area contributed by atoms with E-state index < -0.39 is 0 Å². The van der Waals surface area contributed by atoms with Gasteiger partial charge in [0, 0.05) is 6.42 Å². The van der Waals surface area contributed by atoms with Crippen LogP contribution in [0.3, 0.4) is 0 Å². The maximum atomic E-state index is 10.2. The molecule has 27 heavy (non-hydrogen) atoms. The van der Waals surface area contributed by atoms with Gasteiger partial charge in [-0.2, -0.15) is 0 Å². The second-order valence-electron chi connectivity index (χ2n) is 8.05. The van der Waals surface area contributed by atoms with Gasteiger partial charge in [-0.15, -0.1) is 0 Å². The first-order chi connectivity index (χ1) is 13.1. The van der Waals surface area contributed by atoms with Crippen molar-refractivity contribution in [2.75, 3.05) is 0 Å². The Kier molecular flexibility index (Phi) is 38.7. The molecule has 0 saturated heterocycles. The van der Waals surface area contributed by atoms with E-state index in [1.54, 1.807) is 6.92 Å². The number of hydrogen-bond donors (Lipinski definition) is 0. The van der Waals surface area contributed by atoms with Crippen molar-refractivity contribution < 1.29 is 4.79 Å². The Labute approximate surface area is 174 Å². The van der Waals surface area contributed by atoms with E-state index in [1.165, 1.54) is 103 Å². The molecule has 0 bridgehead atoms. The molecular formula is C26H56O. The summed E-state index contributed by atoms with van der Waals surface area (Å²) in [6.07, 6.45) is 25.9. The Balaban J connectivity index is -0.000000326. The Morgan fingerprint density at radius 3 is 0.778 bits per heavy atom. The van der Waals surface area contributed by atoms with Crippen molar-refractivity contribution in [3.05, 3.63) is 0 Å². The summed E-state index contributed by atoms with van der Waals surface area (Å²) in [5, 5.41) is 0. The van der Waals surface area contributed by atoms with Crippen LogP contribution in [0, 0.1) is 0 Å². The van der Waals surface area contributed by atoms with E-state index in [0.29, 0.717) is 5.78 Å². The molecule has 0 rings (SSSR count). The summed E-state index contributed by atoms with van der Waals surface area (Å²) >= 11 is 0. The minimum atomic E-state index is 0.307. The van der Waals surface area contributed by atoms with Crippen molar-refractivity contribution >= 4 is 5.78 Å². The molecule has 1 heteroatoms. The van der Waals surface area contributed by atoms with Crippen LogP contribution in [0.15, 0.2) is 0 Å². The summed E-state index contributed by atoms with van der Waals surface area (Å²) in [5.41, 5.74) is 0. The van der Waals surface area contributed by atoms with E-state index in [1.807, 2.05) is 0 Å². The molecule has 0 aromatic rings. The molecule has 0 fully saturated rings. The average molecular weight is 385 g/mol. The zero-order valence-electron chi connectivity index (χ0n) is 20.3. The van der Waals surface area contributed by atoms with Crippen molar-refractivity contribution in [1.29, 1.82) is 0 Å². The van der Waals surface area contributed by atoms with Crippen molar-refractivity contribution in [1.82, 2.24) is 0 Å². The second-order valence-corrected chi connectivity index (χ2v) is 8.05. The van der Waals surface area contributed by atoms with Crippen LogP contribution in [-0.2, 0) is 4.79 Å². The Hall–Kier alpha value is -0.330. The number of ketones is 1. The highest BCUT2D eigenvalue weighted by Crippen LogP contribution is 2.08. The SMILES string of the molecule is CCCCC(C)=O.CCCCCCCCCC.CCCCCCCCCC. The van der Waals surface area contributed by atoms with Crippen LogP contribution >= 0.6 is 0 Å². The molecule has 0 aromatic heterocycles. The fraction of sp³-hybridized carbons (Fsp3) is 0.962. The van der Waals surface area contributed by atoms with Crippen LogP contribution in [0.2, 0.25) is 0 Å². The lowest BCUT2D eigenvalue weighted by Crippen LogP contribution is -1.86. The van der Waals surface area contributed by atoms with Crippen molar-refractivity contribution in [3.63, 3.8) is 0 Å². The molecule has 0 atom stereocenters. The molecule has 0 spiro atoms. The minimum absolute atomic E-state index is 0.307. The molecule has 0 N–H and O–H groups in total. The first-order valence-electron chi connectivity index (χ1n) is 12.6. The van der Waals surface area contributed by atoms with Crippen molar-refractivity contribution in [3.8, 4) is 0 Å². The van der Waals surface area contributed by atoms with Crippen LogP contribution in [-0.4, -0.2) is 5.78 Å². The maximum absolute atomic E-state index is 10.2. The first-order valence-corrected chi connectivity index (χ1v) is 12.6. The van der Waals surface area contributed by atoms with Crippen LogP contribution in [0.25, 0.3) is 0 Å². The third kappa shape index (κ3) is 46.1. The van der Waals surface area contributed by atoms with Gasteiger partial charge < -0.3 is 4.79 Å². The number of carbonyl (C=O) groups excluding carboxylic acids is 1. The molecule has 0 aromatic carbocycles. The Bertz CT molecular complexity index is 202. The lowest BCUT2D eigenvalue weighted by Gasteiger charge is -1.97. The van der Waals surface area contributed by atoms with E-state index in [2.05, 4.69) is 34.6 Å². The van der Waals surface area contributed by atoms with Gasteiger partial charge in [-0.05, 0) is 13.3 Å². The van der Waals surface area contributed by atoms with Gasteiger partial charge in [0.05, 0.1) is 0 Å². The van der Waals surface area contributed by atoms with Gasteiger partial charge in [0.15, 0.2) is 0 Å². The molecule has 0 aliphatic heterocycles. The third-order valence-corrected chi connectivity index (χ3v) is 4.80. The molecule has 0 radical (unpaired) electrons. The topological polar surface area (TPSA) is 17.1 Å². The lowest BCUT2D eigenvalue weighted by atomic mass is 10.1. The smallest absolute Gasteiger partial charge is 0.129 e. The van der Waals surface area contributed by atoms with Gasteiger partial charge in [0.25, 0.3) is 0 Å². The number of rotatable bonds is 17. The summed E-state index contributed by atoms with van der Waals surface area (Å²) in [6, 6.07) is 0. The maximum Gasteiger partial charge on any atom is 0.129 e. The Morgan fingerprint density at radius 1 is 0.407 bits per heavy atom. The highest BCUT2D eigenvalue weighted by atomic mass is 16.1. The zero-order chi connectivity index (χ0) is 21.0. The summed E-state index contributed by atoms with van der Waals surface area (Å²) in [6.45, 7) is 12.8. The highest BCUT2D eigenvalue weighted by molar-refractivity contribution is 5.75.